The van der Waals surface area contributed by atoms with E-state index in [1.807, 2.05) is 42.6 Å². The van der Waals surface area contributed by atoms with Crippen LogP contribution in [0.3, 0.4) is 0 Å². The quantitative estimate of drug-likeness (QED) is 0.757. The lowest BCUT2D eigenvalue weighted by Gasteiger charge is -2.20. The largest absolute Gasteiger partial charge is 0.302 e. The molecule has 0 bridgehead atoms. The fourth-order valence-electron chi connectivity index (χ4n) is 1.67. The van der Waals surface area contributed by atoms with Crippen molar-refractivity contribution >= 4 is 17.6 Å². The van der Waals surface area contributed by atoms with Crippen molar-refractivity contribution in [2.24, 2.45) is 0 Å². The first-order valence-corrected chi connectivity index (χ1v) is 6.03. The lowest BCUT2D eigenvalue weighted by atomic mass is 9.85. The SMILES string of the molecule is CC(C=O)(Cc1ccccn1)c1cccs1. The van der Waals surface area contributed by atoms with Crippen molar-refractivity contribution in [3.8, 4) is 0 Å². The zero-order valence-corrected chi connectivity index (χ0v) is 9.91. The van der Waals surface area contributed by atoms with Gasteiger partial charge in [-0.05, 0) is 30.5 Å². The maximum absolute atomic E-state index is 11.3. The van der Waals surface area contributed by atoms with Gasteiger partial charge in [0, 0.05) is 23.2 Å². The summed E-state index contributed by atoms with van der Waals surface area (Å²) in [6.07, 6.45) is 3.43. The van der Waals surface area contributed by atoms with Gasteiger partial charge in [0.15, 0.2) is 0 Å². The minimum Gasteiger partial charge on any atom is -0.302 e. The van der Waals surface area contributed by atoms with Crippen molar-refractivity contribution in [3.05, 3.63) is 52.5 Å². The first kappa shape index (κ1) is 11.0. The van der Waals surface area contributed by atoms with Gasteiger partial charge in [-0.2, -0.15) is 0 Å². The first-order chi connectivity index (χ1) is 7.74. The summed E-state index contributed by atoms with van der Waals surface area (Å²) in [4.78, 5) is 16.7. The van der Waals surface area contributed by atoms with Crippen LogP contribution in [0.5, 0.6) is 0 Å². The lowest BCUT2D eigenvalue weighted by Crippen LogP contribution is -2.26. The van der Waals surface area contributed by atoms with Crippen LogP contribution in [0.4, 0.5) is 0 Å². The van der Waals surface area contributed by atoms with Crippen molar-refractivity contribution in [1.29, 1.82) is 0 Å². The fourth-order valence-corrected chi connectivity index (χ4v) is 2.52. The molecule has 0 N–H and O–H groups in total. The molecule has 1 atom stereocenters. The molecule has 0 aliphatic heterocycles. The second-order valence-electron chi connectivity index (χ2n) is 4.01. The number of nitrogens with zero attached hydrogens (tertiary/aromatic N) is 1. The van der Waals surface area contributed by atoms with Crippen LogP contribution in [-0.4, -0.2) is 11.3 Å². The zero-order valence-electron chi connectivity index (χ0n) is 9.09. The summed E-state index contributed by atoms with van der Waals surface area (Å²) in [6.45, 7) is 1.96. The Bertz CT molecular complexity index is 452. The Labute approximate surface area is 99.0 Å². The third-order valence-electron chi connectivity index (χ3n) is 2.62. The molecule has 0 fully saturated rings. The molecule has 2 rings (SSSR count). The third kappa shape index (κ3) is 2.19. The van der Waals surface area contributed by atoms with Gasteiger partial charge in [0.05, 0.1) is 5.41 Å². The summed E-state index contributed by atoms with van der Waals surface area (Å²) >= 11 is 1.61. The molecule has 0 saturated heterocycles. The van der Waals surface area contributed by atoms with Crippen LogP contribution < -0.4 is 0 Å². The van der Waals surface area contributed by atoms with Gasteiger partial charge >= 0.3 is 0 Å². The standard InChI is InChI=1S/C13H13NOS/c1-13(10-15,12-6-4-8-16-12)9-11-5-2-3-7-14-11/h2-8,10H,9H2,1H3. The first-order valence-electron chi connectivity index (χ1n) is 5.15. The molecule has 0 aliphatic rings. The van der Waals surface area contributed by atoms with Crippen molar-refractivity contribution in [2.45, 2.75) is 18.8 Å². The highest BCUT2D eigenvalue weighted by molar-refractivity contribution is 7.10. The summed E-state index contributed by atoms with van der Waals surface area (Å²) in [6, 6.07) is 9.76. The van der Waals surface area contributed by atoms with Gasteiger partial charge in [-0.15, -0.1) is 11.3 Å². The smallest absolute Gasteiger partial charge is 0.131 e. The molecule has 16 heavy (non-hydrogen) atoms. The summed E-state index contributed by atoms with van der Waals surface area (Å²) in [5.41, 5.74) is 0.494. The highest BCUT2D eigenvalue weighted by Crippen LogP contribution is 2.29. The maximum Gasteiger partial charge on any atom is 0.131 e. The molecule has 0 saturated carbocycles. The van der Waals surface area contributed by atoms with Crippen LogP contribution in [0.25, 0.3) is 0 Å². The van der Waals surface area contributed by atoms with Crippen LogP contribution in [-0.2, 0) is 16.6 Å². The Morgan fingerprint density at radius 2 is 2.25 bits per heavy atom. The van der Waals surface area contributed by atoms with E-state index in [0.717, 1.165) is 16.9 Å². The summed E-state index contributed by atoms with van der Waals surface area (Å²) < 4.78 is 0. The molecule has 2 heterocycles. The Morgan fingerprint density at radius 3 is 2.81 bits per heavy atom. The number of pyridine rings is 1. The van der Waals surface area contributed by atoms with Crippen LogP contribution in [0, 0.1) is 0 Å². The van der Waals surface area contributed by atoms with E-state index in [-0.39, 0.29) is 0 Å². The molecular weight excluding hydrogens is 218 g/mol. The number of aldehydes is 1. The highest BCUT2D eigenvalue weighted by Gasteiger charge is 2.27. The van der Waals surface area contributed by atoms with E-state index in [0.29, 0.717) is 6.42 Å². The van der Waals surface area contributed by atoms with Crippen LogP contribution in [0.15, 0.2) is 41.9 Å². The Balaban J connectivity index is 2.27. The predicted molar refractivity (Wildman–Crippen MR) is 65.7 cm³/mol. The number of aromatic nitrogens is 1. The molecule has 3 heteroatoms. The number of hydrogen-bond acceptors (Lipinski definition) is 3. The molecule has 0 radical (unpaired) electrons. The van der Waals surface area contributed by atoms with Gasteiger partial charge in [0.2, 0.25) is 0 Å². The Morgan fingerprint density at radius 1 is 1.38 bits per heavy atom. The molecule has 0 spiro atoms. The van der Waals surface area contributed by atoms with E-state index in [4.69, 9.17) is 0 Å². The van der Waals surface area contributed by atoms with E-state index >= 15 is 0 Å². The summed E-state index contributed by atoms with van der Waals surface area (Å²) in [5, 5.41) is 2.00. The fraction of sp³-hybridized carbons (Fsp3) is 0.231. The number of carbonyl (C=O) groups is 1. The van der Waals surface area contributed by atoms with Gasteiger partial charge in [-0.1, -0.05) is 12.1 Å². The summed E-state index contributed by atoms with van der Waals surface area (Å²) in [5.74, 6) is 0. The number of rotatable bonds is 4. The Kier molecular flexibility index (Phi) is 3.15. The second kappa shape index (κ2) is 4.58. The van der Waals surface area contributed by atoms with Gasteiger partial charge < -0.3 is 4.79 Å². The topological polar surface area (TPSA) is 30.0 Å². The number of thiophene rings is 1. The van der Waals surface area contributed by atoms with E-state index in [1.165, 1.54) is 0 Å². The predicted octanol–water partition coefficient (Wildman–Crippen LogP) is 2.84. The summed E-state index contributed by atoms with van der Waals surface area (Å²) in [7, 11) is 0. The van der Waals surface area contributed by atoms with E-state index < -0.39 is 5.41 Å². The van der Waals surface area contributed by atoms with Crippen molar-refractivity contribution in [1.82, 2.24) is 4.98 Å². The van der Waals surface area contributed by atoms with Gasteiger partial charge in [-0.3, -0.25) is 4.98 Å². The van der Waals surface area contributed by atoms with Crippen molar-refractivity contribution in [2.75, 3.05) is 0 Å². The van der Waals surface area contributed by atoms with E-state index in [1.54, 1.807) is 17.5 Å². The second-order valence-corrected chi connectivity index (χ2v) is 4.96. The highest BCUT2D eigenvalue weighted by atomic mass is 32.1. The van der Waals surface area contributed by atoms with Crippen LogP contribution in [0.2, 0.25) is 0 Å². The molecule has 0 aromatic carbocycles. The van der Waals surface area contributed by atoms with Crippen molar-refractivity contribution in [3.63, 3.8) is 0 Å². The molecule has 2 aromatic heterocycles. The van der Waals surface area contributed by atoms with Gasteiger partial charge in [-0.25, -0.2) is 0 Å². The van der Waals surface area contributed by atoms with Gasteiger partial charge in [0.25, 0.3) is 0 Å². The van der Waals surface area contributed by atoms with Crippen molar-refractivity contribution < 1.29 is 4.79 Å². The zero-order chi connectivity index (χ0) is 11.4. The number of carbonyl (C=O) groups excluding carboxylic acids is 1. The molecule has 1 unspecified atom stereocenters. The van der Waals surface area contributed by atoms with Gasteiger partial charge in [0.1, 0.15) is 6.29 Å². The monoisotopic (exact) mass is 231 g/mol. The molecule has 0 amide bonds. The lowest BCUT2D eigenvalue weighted by molar-refractivity contribution is -0.112. The third-order valence-corrected chi connectivity index (χ3v) is 3.77. The normalized spacial score (nSPS) is 14.3. The molecule has 2 nitrogen and oxygen atoms in total. The average molecular weight is 231 g/mol. The van der Waals surface area contributed by atoms with E-state index in [2.05, 4.69) is 4.98 Å². The van der Waals surface area contributed by atoms with Crippen LogP contribution >= 0.6 is 11.3 Å². The molecule has 2 aromatic rings. The van der Waals surface area contributed by atoms with Crippen LogP contribution in [0.1, 0.15) is 17.5 Å². The molecule has 82 valence electrons. The Hall–Kier alpha value is -1.48. The average Bonchev–Trinajstić information content (AvgIpc) is 2.84. The molecule has 0 aliphatic carbocycles. The van der Waals surface area contributed by atoms with E-state index in [9.17, 15) is 4.79 Å². The molecular formula is C13H13NOS. The maximum atomic E-state index is 11.3. The minimum atomic E-state index is -0.456. The number of hydrogen-bond donors (Lipinski definition) is 0. The minimum absolute atomic E-state index is 0.456.